The zero-order valence-electron chi connectivity index (χ0n) is 13.3. The molecule has 2 saturated heterocycles. The molecule has 3 aliphatic rings. The van der Waals surface area contributed by atoms with Gasteiger partial charge in [0.1, 0.15) is 0 Å². The van der Waals surface area contributed by atoms with Gasteiger partial charge in [0.15, 0.2) is 5.82 Å². The second kappa shape index (κ2) is 6.12. The van der Waals surface area contributed by atoms with Crippen LogP contribution < -0.4 is 5.32 Å². The van der Waals surface area contributed by atoms with Crippen molar-refractivity contribution in [3.8, 4) is 11.4 Å². The van der Waals surface area contributed by atoms with Crippen molar-refractivity contribution in [3.63, 3.8) is 0 Å². The molecule has 124 valence electrons. The first-order chi connectivity index (χ1) is 11.6. The molecule has 7 heteroatoms. The molecule has 6 nitrogen and oxygen atoms in total. The fraction of sp³-hybridized carbons (Fsp3) is 0.412. The minimum absolute atomic E-state index is 0.0106. The Bertz CT molecular complexity index is 757. The molecule has 0 spiro atoms. The highest BCUT2D eigenvalue weighted by Gasteiger charge is 2.46. The van der Waals surface area contributed by atoms with E-state index >= 15 is 0 Å². The van der Waals surface area contributed by atoms with Crippen LogP contribution in [0.4, 0.5) is 10.5 Å². The van der Waals surface area contributed by atoms with E-state index in [-0.39, 0.29) is 6.03 Å². The van der Waals surface area contributed by atoms with Crippen LogP contribution in [0.3, 0.4) is 0 Å². The first-order valence-corrected chi connectivity index (χ1v) is 8.94. The van der Waals surface area contributed by atoms with Gasteiger partial charge in [-0.15, -0.1) is 5.10 Å². The van der Waals surface area contributed by atoms with E-state index in [1.165, 1.54) is 6.20 Å². The van der Waals surface area contributed by atoms with Gasteiger partial charge in [-0.1, -0.05) is 22.9 Å². The number of carbonyl (C=O) groups excluding carboxylic acids is 1. The van der Waals surface area contributed by atoms with Crippen LogP contribution in [0.1, 0.15) is 26.2 Å². The maximum atomic E-state index is 12.6. The molecule has 0 radical (unpaired) electrons. The van der Waals surface area contributed by atoms with Crippen LogP contribution in [0.5, 0.6) is 0 Å². The largest absolute Gasteiger partial charge is 0.322 e. The minimum atomic E-state index is -0.0106. The zero-order chi connectivity index (χ0) is 16.7. The lowest BCUT2D eigenvalue weighted by molar-refractivity contribution is -0.00600. The minimum Gasteiger partial charge on any atom is -0.318 e. The van der Waals surface area contributed by atoms with Crippen molar-refractivity contribution in [2.24, 2.45) is 5.92 Å². The maximum absolute atomic E-state index is 12.6. The molecule has 3 heterocycles. The first-order valence-electron chi connectivity index (χ1n) is 8.14. The average Bonchev–Trinajstić information content (AvgIpc) is 2.57. The van der Waals surface area contributed by atoms with Gasteiger partial charge in [0.25, 0.3) is 0 Å². The summed E-state index contributed by atoms with van der Waals surface area (Å²) < 4.78 is 0.864. The summed E-state index contributed by atoms with van der Waals surface area (Å²) in [7, 11) is 0. The Morgan fingerprint density at radius 2 is 2.04 bits per heavy atom. The van der Waals surface area contributed by atoms with Crippen LogP contribution in [0.25, 0.3) is 11.4 Å². The van der Waals surface area contributed by atoms with Gasteiger partial charge in [0.05, 0.1) is 6.20 Å². The fourth-order valence-electron chi connectivity index (χ4n) is 3.81. The number of benzene rings is 1. The van der Waals surface area contributed by atoms with Gasteiger partial charge in [-0.25, -0.2) is 9.78 Å². The second-order valence-corrected chi connectivity index (χ2v) is 7.47. The second-order valence-electron chi connectivity index (χ2n) is 6.62. The van der Waals surface area contributed by atoms with E-state index < -0.39 is 0 Å². The number of hydrogen-bond acceptors (Lipinski definition) is 4. The van der Waals surface area contributed by atoms with Crippen molar-refractivity contribution in [1.82, 2.24) is 20.1 Å². The predicted octanol–water partition coefficient (Wildman–Crippen LogP) is 3.71. The summed E-state index contributed by atoms with van der Waals surface area (Å²) >= 11 is 3.50. The molecule has 2 unspecified atom stereocenters. The molecule has 1 aromatic heterocycles. The summed E-state index contributed by atoms with van der Waals surface area (Å²) in [6.45, 7) is 2.27. The van der Waals surface area contributed by atoms with Crippen molar-refractivity contribution < 1.29 is 4.79 Å². The number of nitrogens with zero attached hydrogens (tertiary/aromatic N) is 4. The molecular weight excluding hydrogens is 370 g/mol. The van der Waals surface area contributed by atoms with Crippen molar-refractivity contribution >= 4 is 27.6 Å². The Morgan fingerprint density at radius 3 is 2.75 bits per heavy atom. The van der Waals surface area contributed by atoms with Gasteiger partial charge in [-0.3, -0.25) is 0 Å². The lowest BCUT2D eigenvalue weighted by atomic mass is 9.74. The average molecular weight is 388 g/mol. The van der Waals surface area contributed by atoms with Gasteiger partial charge >= 0.3 is 6.03 Å². The fourth-order valence-corrected chi connectivity index (χ4v) is 4.24. The number of carbonyl (C=O) groups is 1. The number of aromatic nitrogens is 3. The highest BCUT2D eigenvalue weighted by Crippen LogP contribution is 2.41. The Hall–Kier alpha value is -2.02. The molecule has 2 bridgehead atoms. The number of anilines is 1. The van der Waals surface area contributed by atoms with Gasteiger partial charge < -0.3 is 10.2 Å². The van der Waals surface area contributed by atoms with E-state index in [1.807, 2.05) is 23.1 Å². The Morgan fingerprint density at radius 1 is 1.25 bits per heavy atom. The Balaban J connectivity index is 1.52. The van der Waals surface area contributed by atoms with Gasteiger partial charge in [-0.05, 0) is 43.4 Å². The standard InChI is InChI=1S/C17H18BrN5O/c1-10-6-12-9-13(7-10)23(12)17(24)21-11-2-3-15(18)14(8-11)16-19-4-5-20-22-16/h2-5,8,10,12-13H,6-7,9H2,1H3,(H,21,24). The van der Waals surface area contributed by atoms with E-state index in [1.54, 1.807) is 6.20 Å². The summed E-state index contributed by atoms with van der Waals surface area (Å²) in [5.41, 5.74) is 1.54. The molecule has 2 amide bonds. The SMILES string of the molecule is CC1CC2CC(C1)N2C(=O)Nc1ccc(Br)c(-c2nccnn2)c1. The van der Waals surface area contributed by atoms with E-state index in [4.69, 9.17) is 0 Å². The van der Waals surface area contributed by atoms with Crippen LogP contribution >= 0.6 is 15.9 Å². The smallest absolute Gasteiger partial charge is 0.318 e. The molecule has 2 atom stereocenters. The number of nitrogens with one attached hydrogen (secondary N) is 1. The van der Waals surface area contributed by atoms with E-state index in [2.05, 4.69) is 43.4 Å². The van der Waals surface area contributed by atoms with Crippen LogP contribution in [0.15, 0.2) is 35.1 Å². The summed E-state index contributed by atoms with van der Waals surface area (Å²) in [6.07, 6.45) is 6.50. The number of fused-ring (bicyclic) bond motifs is 2. The van der Waals surface area contributed by atoms with Crippen LogP contribution in [-0.2, 0) is 0 Å². The third kappa shape index (κ3) is 2.77. The van der Waals surface area contributed by atoms with Crippen molar-refractivity contribution in [2.75, 3.05) is 5.32 Å². The molecule has 24 heavy (non-hydrogen) atoms. The molecule has 1 aliphatic carbocycles. The lowest BCUT2D eigenvalue weighted by Gasteiger charge is -2.54. The molecule has 3 fully saturated rings. The number of hydrogen-bond donors (Lipinski definition) is 1. The molecule has 5 rings (SSSR count). The number of urea groups is 1. The Kier molecular flexibility index (Phi) is 3.96. The van der Waals surface area contributed by atoms with Gasteiger partial charge in [0, 0.05) is 34.0 Å². The topological polar surface area (TPSA) is 71.0 Å². The predicted molar refractivity (Wildman–Crippen MR) is 94.4 cm³/mol. The highest BCUT2D eigenvalue weighted by molar-refractivity contribution is 9.10. The normalized spacial score (nSPS) is 25.1. The maximum Gasteiger partial charge on any atom is 0.322 e. The molecule has 2 aromatic rings. The van der Waals surface area contributed by atoms with Gasteiger partial charge in [0.2, 0.25) is 0 Å². The number of piperidine rings is 1. The summed E-state index contributed by atoms with van der Waals surface area (Å²) in [5, 5.41) is 10.9. The summed E-state index contributed by atoms with van der Waals surface area (Å²) in [4.78, 5) is 18.8. The van der Waals surface area contributed by atoms with E-state index in [0.717, 1.165) is 40.9 Å². The monoisotopic (exact) mass is 387 g/mol. The van der Waals surface area contributed by atoms with Crippen LogP contribution in [0.2, 0.25) is 0 Å². The summed E-state index contributed by atoms with van der Waals surface area (Å²) in [6, 6.07) is 6.42. The van der Waals surface area contributed by atoms with Gasteiger partial charge in [-0.2, -0.15) is 5.10 Å². The highest BCUT2D eigenvalue weighted by atomic mass is 79.9. The third-order valence-corrected chi connectivity index (χ3v) is 5.55. The quantitative estimate of drug-likeness (QED) is 0.852. The molecule has 1 saturated carbocycles. The number of halogens is 1. The number of amides is 2. The van der Waals surface area contributed by atoms with Crippen LogP contribution in [0, 0.1) is 5.92 Å². The van der Waals surface area contributed by atoms with E-state index in [0.29, 0.717) is 17.9 Å². The molecule has 1 aromatic carbocycles. The Labute approximate surface area is 148 Å². The first kappa shape index (κ1) is 15.5. The van der Waals surface area contributed by atoms with Crippen molar-refractivity contribution in [1.29, 1.82) is 0 Å². The zero-order valence-corrected chi connectivity index (χ0v) is 14.9. The molecule has 2 aliphatic heterocycles. The van der Waals surface area contributed by atoms with E-state index in [9.17, 15) is 4.79 Å². The number of rotatable bonds is 2. The third-order valence-electron chi connectivity index (χ3n) is 4.86. The van der Waals surface area contributed by atoms with Crippen molar-refractivity contribution in [3.05, 3.63) is 35.1 Å². The van der Waals surface area contributed by atoms with Crippen molar-refractivity contribution in [2.45, 2.75) is 38.3 Å². The molecule has 1 N–H and O–H groups in total. The lowest BCUT2D eigenvalue weighted by Crippen LogP contribution is -2.63. The summed E-state index contributed by atoms with van der Waals surface area (Å²) in [5.74, 6) is 1.25. The molecular formula is C17H18BrN5O. The van der Waals surface area contributed by atoms with Crippen LogP contribution in [-0.4, -0.2) is 38.2 Å².